The second-order valence-corrected chi connectivity index (χ2v) is 3.17. The average molecular weight is 166 g/mol. The van der Waals surface area contributed by atoms with Gasteiger partial charge in [-0.3, -0.25) is 9.59 Å². The first-order chi connectivity index (χ1) is 5.75. The van der Waals surface area contributed by atoms with E-state index >= 15 is 0 Å². The second-order valence-electron chi connectivity index (χ2n) is 3.17. The van der Waals surface area contributed by atoms with Gasteiger partial charge in [0.15, 0.2) is 5.78 Å². The van der Waals surface area contributed by atoms with Crippen LogP contribution in [0.3, 0.4) is 0 Å². The van der Waals surface area contributed by atoms with Gasteiger partial charge in [-0.1, -0.05) is 25.8 Å². The molecule has 0 N–H and O–H groups in total. The molecule has 0 amide bonds. The van der Waals surface area contributed by atoms with Crippen LogP contribution in [0, 0.1) is 5.92 Å². The molecule has 1 rings (SSSR count). The number of hydrogen-bond acceptors (Lipinski definition) is 2. The van der Waals surface area contributed by atoms with Crippen molar-refractivity contribution in [3.63, 3.8) is 0 Å². The van der Waals surface area contributed by atoms with Crippen LogP contribution in [0.2, 0.25) is 0 Å². The lowest BCUT2D eigenvalue weighted by Gasteiger charge is -2.14. The molecule has 0 aromatic rings. The van der Waals surface area contributed by atoms with Gasteiger partial charge in [0, 0.05) is 6.42 Å². The molecule has 1 atom stereocenters. The van der Waals surface area contributed by atoms with Crippen LogP contribution < -0.4 is 0 Å². The van der Waals surface area contributed by atoms with Crippen molar-refractivity contribution < 1.29 is 9.59 Å². The van der Waals surface area contributed by atoms with Gasteiger partial charge >= 0.3 is 0 Å². The lowest BCUT2D eigenvalue weighted by atomic mass is 9.87. The van der Waals surface area contributed by atoms with Crippen molar-refractivity contribution in [3.8, 4) is 0 Å². The molecule has 66 valence electrons. The molecule has 0 aromatic carbocycles. The summed E-state index contributed by atoms with van der Waals surface area (Å²) in [5.41, 5.74) is 0. The Balaban J connectivity index is 2.54. The fraction of sp³-hybridized carbons (Fsp3) is 0.600. The maximum absolute atomic E-state index is 11.2. The first-order valence-electron chi connectivity index (χ1n) is 4.48. The summed E-state index contributed by atoms with van der Waals surface area (Å²) in [5, 5.41) is 0. The van der Waals surface area contributed by atoms with E-state index in [0.29, 0.717) is 6.42 Å². The van der Waals surface area contributed by atoms with E-state index in [-0.39, 0.29) is 17.5 Å². The summed E-state index contributed by atoms with van der Waals surface area (Å²) in [4.78, 5) is 22.4. The summed E-state index contributed by atoms with van der Waals surface area (Å²) in [6, 6.07) is 0. The zero-order chi connectivity index (χ0) is 8.97. The quantitative estimate of drug-likeness (QED) is 0.600. The molecule has 12 heavy (non-hydrogen) atoms. The highest BCUT2D eigenvalue weighted by Gasteiger charge is 2.25. The zero-order valence-electron chi connectivity index (χ0n) is 7.38. The van der Waals surface area contributed by atoms with Gasteiger partial charge in [-0.05, 0) is 12.5 Å². The van der Waals surface area contributed by atoms with Gasteiger partial charge in [0.1, 0.15) is 5.78 Å². The monoisotopic (exact) mass is 166 g/mol. The topological polar surface area (TPSA) is 34.1 Å². The van der Waals surface area contributed by atoms with Crippen LogP contribution in [0.4, 0.5) is 0 Å². The zero-order valence-corrected chi connectivity index (χ0v) is 7.38. The molecule has 0 saturated heterocycles. The number of rotatable bonds is 3. The van der Waals surface area contributed by atoms with E-state index in [2.05, 4.69) is 6.92 Å². The maximum Gasteiger partial charge on any atom is 0.165 e. The Bertz CT molecular complexity index is 216. The van der Waals surface area contributed by atoms with E-state index in [1.807, 2.05) is 0 Å². The smallest absolute Gasteiger partial charge is 0.165 e. The van der Waals surface area contributed by atoms with Crippen LogP contribution in [0.1, 0.15) is 32.6 Å². The molecule has 2 heteroatoms. The molecule has 0 aliphatic heterocycles. The molecule has 0 aromatic heterocycles. The lowest BCUT2D eigenvalue weighted by molar-refractivity contribution is -0.130. The van der Waals surface area contributed by atoms with E-state index in [0.717, 1.165) is 19.3 Å². The van der Waals surface area contributed by atoms with Crippen LogP contribution in [-0.2, 0) is 9.59 Å². The van der Waals surface area contributed by atoms with Gasteiger partial charge in [0.2, 0.25) is 0 Å². The third-order valence-corrected chi connectivity index (χ3v) is 2.18. The summed E-state index contributed by atoms with van der Waals surface area (Å²) in [6.45, 7) is 2.06. The normalized spacial score (nSPS) is 23.2. The molecule has 1 aliphatic carbocycles. The van der Waals surface area contributed by atoms with Crippen molar-refractivity contribution in [2.75, 3.05) is 0 Å². The third-order valence-electron chi connectivity index (χ3n) is 2.18. The molecule has 0 saturated carbocycles. The van der Waals surface area contributed by atoms with Crippen LogP contribution >= 0.6 is 0 Å². The Morgan fingerprint density at radius 1 is 1.50 bits per heavy atom. The van der Waals surface area contributed by atoms with Crippen molar-refractivity contribution in [2.45, 2.75) is 32.6 Å². The largest absolute Gasteiger partial charge is 0.299 e. The summed E-state index contributed by atoms with van der Waals surface area (Å²) < 4.78 is 0. The maximum atomic E-state index is 11.2. The van der Waals surface area contributed by atoms with Crippen molar-refractivity contribution in [1.82, 2.24) is 0 Å². The summed E-state index contributed by atoms with van der Waals surface area (Å²) in [5.74, 6) is -0.231. The Labute approximate surface area is 72.7 Å². The number of carbonyl (C=O) groups is 2. The highest BCUT2D eigenvalue weighted by atomic mass is 16.1. The Kier molecular flexibility index (Phi) is 3.20. The molecule has 0 fully saturated rings. The number of hydrogen-bond donors (Lipinski definition) is 0. The Morgan fingerprint density at radius 2 is 2.25 bits per heavy atom. The Hall–Kier alpha value is -0.920. The number of Topliss-reactive ketones (excluding diaryl/α,β-unsaturated/α-hetero) is 1. The standard InChI is InChI=1S/C10H14O2/c1-2-3-5-8-9(11)6-4-7-10(8)12/h4,6,8H,2-3,5,7H2,1H3. The molecule has 0 spiro atoms. The number of carbonyl (C=O) groups excluding carboxylic acids is 2. The predicted octanol–water partition coefficient (Wildman–Crippen LogP) is 1.89. The fourth-order valence-corrected chi connectivity index (χ4v) is 1.42. The van der Waals surface area contributed by atoms with Crippen LogP contribution in [0.25, 0.3) is 0 Å². The number of ketones is 2. The van der Waals surface area contributed by atoms with Gasteiger partial charge in [-0.2, -0.15) is 0 Å². The SMILES string of the molecule is CCCCC1C(=O)C=CCC1=O. The molecule has 0 heterocycles. The van der Waals surface area contributed by atoms with E-state index in [4.69, 9.17) is 0 Å². The Morgan fingerprint density at radius 3 is 2.83 bits per heavy atom. The molecule has 0 radical (unpaired) electrons. The number of allylic oxidation sites excluding steroid dienone is 2. The second kappa shape index (κ2) is 4.19. The summed E-state index contributed by atoms with van der Waals surface area (Å²) in [7, 11) is 0. The highest BCUT2D eigenvalue weighted by Crippen LogP contribution is 2.17. The average Bonchev–Trinajstić information content (AvgIpc) is 2.04. The van der Waals surface area contributed by atoms with Crippen molar-refractivity contribution >= 4 is 11.6 Å². The fourth-order valence-electron chi connectivity index (χ4n) is 1.42. The van der Waals surface area contributed by atoms with Crippen molar-refractivity contribution in [1.29, 1.82) is 0 Å². The summed E-state index contributed by atoms with van der Waals surface area (Å²) >= 11 is 0. The molecule has 0 bridgehead atoms. The minimum atomic E-state index is -0.324. The van der Waals surface area contributed by atoms with Gasteiger partial charge in [-0.25, -0.2) is 0 Å². The van der Waals surface area contributed by atoms with Crippen molar-refractivity contribution in [2.24, 2.45) is 5.92 Å². The van der Waals surface area contributed by atoms with Gasteiger partial charge in [-0.15, -0.1) is 0 Å². The predicted molar refractivity (Wildman–Crippen MR) is 46.8 cm³/mol. The first kappa shape index (κ1) is 9.17. The first-order valence-corrected chi connectivity index (χ1v) is 4.48. The van der Waals surface area contributed by atoms with Crippen LogP contribution in [-0.4, -0.2) is 11.6 Å². The van der Waals surface area contributed by atoms with Gasteiger partial charge in [0.25, 0.3) is 0 Å². The van der Waals surface area contributed by atoms with Gasteiger partial charge < -0.3 is 0 Å². The van der Waals surface area contributed by atoms with E-state index < -0.39 is 0 Å². The van der Waals surface area contributed by atoms with Crippen LogP contribution in [0.5, 0.6) is 0 Å². The molecule has 1 unspecified atom stereocenters. The van der Waals surface area contributed by atoms with E-state index in [9.17, 15) is 9.59 Å². The molecule has 1 aliphatic rings. The molecule has 2 nitrogen and oxygen atoms in total. The minimum absolute atomic E-state index is 0.000278. The number of unbranched alkanes of at least 4 members (excludes halogenated alkanes) is 1. The minimum Gasteiger partial charge on any atom is -0.299 e. The van der Waals surface area contributed by atoms with Gasteiger partial charge in [0.05, 0.1) is 5.92 Å². The van der Waals surface area contributed by atoms with Crippen molar-refractivity contribution in [3.05, 3.63) is 12.2 Å². The lowest BCUT2D eigenvalue weighted by Crippen LogP contribution is -2.25. The summed E-state index contributed by atoms with van der Waals surface area (Å²) in [6.07, 6.45) is 6.39. The highest BCUT2D eigenvalue weighted by molar-refractivity contribution is 6.10. The third kappa shape index (κ3) is 2.03. The van der Waals surface area contributed by atoms with Crippen LogP contribution in [0.15, 0.2) is 12.2 Å². The molecular weight excluding hydrogens is 152 g/mol. The van der Waals surface area contributed by atoms with E-state index in [1.165, 1.54) is 0 Å². The molecular formula is C10H14O2. The van der Waals surface area contributed by atoms with E-state index in [1.54, 1.807) is 12.2 Å².